The average molecular weight is 157 g/mol. The first-order valence-electron chi connectivity index (χ1n) is 3.12. The Bertz CT molecular complexity index is 154. The second-order valence-electron chi connectivity index (χ2n) is 1.65. The molecule has 0 aromatic rings. The number of aliphatic hydroxyl groups is 1. The lowest BCUT2D eigenvalue weighted by Crippen LogP contribution is -2.24. The summed E-state index contributed by atoms with van der Waals surface area (Å²) in [5.41, 5.74) is 0. The molecule has 0 aliphatic heterocycles. The molecular formula is C7H11NO3. The van der Waals surface area contributed by atoms with E-state index >= 15 is 0 Å². The van der Waals surface area contributed by atoms with Crippen LogP contribution in [0.15, 0.2) is 25.0 Å². The minimum absolute atomic E-state index is 0.189. The van der Waals surface area contributed by atoms with Crippen LogP contribution in [-0.4, -0.2) is 24.4 Å². The van der Waals surface area contributed by atoms with Crippen molar-refractivity contribution >= 4 is 6.09 Å². The van der Waals surface area contributed by atoms with E-state index in [4.69, 9.17) is 5.11 Å². The first-order valence-corrected chi connectivity index (χ1v) is 3.12. The lowest BCUT2D eigenvalue weighted by atomic mass is 10.6. The Morgan fingerprint density at radius 1 is 1.73 bits per heavy atom. The molecule has 4 heteroatoms. The summed E-state index contributed by atoms with van der Waals surface area (Å²) in [6.07, 6.45) is 3.19. The molecule has 62 valence electrons. The van der Waals surface area contributed by atoms with Crippen molar-refractivity contribution in [3.8, 4) is 0 Å². The first-order chi connectivity index (χ1) is 5.31. The number of aliphatic hydroxyl groups excluding tert-OH is 1. The first kappa shape index (κ1) is 9.55. The Morgan fingerprint density at radius 3 is 3.00 bits per heavy atom. The second kappa shape index (κ2) is 6.67. The minimum Gasteiger partial charge on any atom is -0.516 e. The van der Waals surface area contributed by atoms with Crippen molar-refractivity contribution < 1.29 is 14.6 Å². The number of carbonyl (C=O) groups excluding carboxylic acids is 1. The number of carbonyl (C=O) groups is 1. The maximum absolute atomic E-state index is 10.6. The van der Waals surface area contributed by atoms with E-state index in [0.717, 1.165) is 6.26 Å². The summed E-state index contributed by atoms with van der Waals surface area (Å²) in [5.74, 6) is 0. The Hall–Kier alpha value is -1.45. The zero-order chi connectivity index (χ0) is 8.53. The van der Waals surface area contributed by atoms with Crippen molar-refractivity contribution in [1.82, 2.24) is 5.32 Å². The number of nitrogens with one attached hydrogen (secondary N) is 1. The lowest BCUT2D eigenvalue weighted by molar-refractivity contribution is 0.159. The van der Waals surface area contributed by atoms with E-state index in [1.165, 1.54) is 12.2 Å². The summed E-state index contributed by atoms with van der Waals surface area (Å²) in [4.78, 5) is 10.6. The molecule has 0 aromatic heterocycles. The summed E-state index contributed by atoms with van der Waals surface area (Å²) < 4.78 is 4.55. The third-order valence-corrected chi connectivity index (χ3v) is 0.802. The molecule has 4 nitrogen and oxygen atoms in total. The fraction of sp³-hybridized carbons (Fsp3) is 0.286. The molecule has 0 aliphatic carbocycles. The van der Waals surface area contributed by atoms with E-state index < -0.39 is 6.09 Å². The molecule has 0 spiro atoms. The predicted octanol–water partition coefficient (Wildman–Crippen LogP) is 0.970. The monoisotopic (exact) mass is 157 g/mol. The molecule has 2 N–H and O–H groups in total. The fourth-order valence-corrected chi connectivity index (χ4v) is 0.381. The van der Waals surface area contributed by atoms with Gasteiger partial charge in [-0.2, -0.15) is 0 Å². The Balaban J connectivity index is 3.29. The molecule has 0 fully saturated rings. The van der Waals surface area contributed by atoms with Gasteiger partial charge in [0.1, 0.15) is 6.61 Å². The molecule has 0 atom stereocenters. The van der Waals surface area contributed by atoms with Crippen molar-refractivity contribution in [2.45, 2.75) is 0 Å². The van der Waals surface area contributed by atoms with Crippen LogP contribution in [0.25, 0.3) is 0 Å². The van der Waals surface area contributed by atoms with Crippen LogP contribution in [0.2, 0.25) is 0 Å². The molecule has 0 heterocycles. The molecule has 0 saturated carbocycles. The molecule has 1 amide bonds. The number of rotatable bonds is 4. The van der Waals surface area contributed by atoms with Gasteiger partial charge in [-0.3, -0.25) is 0 Å². The van der Waals surface area contributed by atoms with Gasteiger partial charge in [0.25, 0.3) is 0 Å². The van der Waals surface area contributed by atoms with Crippen LogP contribution >= 0.6 is 0 Å². The van der Waals surface area contributed by atoms with Crippen LogP contribution in [0.3, 0.4) is 0 Å². The van der Waals surface area contributed by atoms with Crippen LogP contribution in [-0.2, 0) is 4.74 Å². The maximum Gasteiger partial charge on any atom is 0.407 e. The largest absolute Gasteiger partial charge is 0.516 e. The highest BCUT2D eigenvalue weighted by Crippen LogP contribution is 1.77. The highest BCUT2D eigenvalue weighted by Gasteiger charge is 1.95. The van der Waals surface area contributed by atoms with Gasteiger partial charge in [-0.05, 0) is 6.08 Å². The van der Waals surface area contributed by atoms with Crippen LogP contribution in [0.5, 0.6) is 0 Å². The van der Waals surface area contributed by atoms with E-state index in [0.29, 0.717) is 0 Å². The molecule has 0 aromatic carbocycles. The highest BCUT2D eigenvalue weighted by atomic mass is 16.5. The van der Waals surface area contributed by atoms with Crippen molar-refractivity contribution in [1.29, 1.82) is 0 Å². The van der Waals surface area contributed by atoms with E-state index in [2.05, 4.69) is 16.6 Å². The predicted molar refractivity (Wildman–Crippen MR) is 41.3 cm³/mol. The number of hydrogen-bond donors (Lipinski definition) is 2. The molecule has 0 radical (unpaired) electrons. The van der Waals surface area contributed by atoms with Crippen molar-refractivity contribution in [3.05, 3.63) is 25.0 Å². The summed E-state index contributed by atoms with van der Waals surface area (Å²) in [7, 11) is 0. The third-order valence-electron chi connectivity index (χ3n) is 0.802. The van der Waals surface area contributed by atoms with E-state index in [1.54, 1.807) is 0 Å². The number of amides is 1. The second-order valence-corrected chi connectivity index (χ2v) is 1.65. The lowest BCUT2D eigenvalue weighted by Gasteiger charge is -2.00. The minimum atomic E-state index is -0.525. The normalized spacial score (nSPS) is 9.45. The molecule has 0 bridgehead atoms. The van der Waals surface area contributed by atoms with Gasteiger partial charge in [0.2, 0.25) is 0 Å². The average Bonchev–Trinajstić information content (AvgIpc) is 2.01. The Kier molecular flexibility index (Phi) is 5.79. The SMILES string of the molecule is C=CCOC(=O)NCC=CO. The smallest absolute Gasteiger partial charge is 0.407 e. The number of hydrogen-bond acceptors (Lipinski definition) is 3. The standard InChI is InChI=1S/C7H11NO3/c1-2-6-11-7(10)8-4-3-5-9/h2-3,5,9H,1,4,6H2,(H,8,10). The fourth-order valence-electron chi connectivity index (χ4n) is 0.381. The summed E-state index contributed by atoms with van der Waals surface area (Å²) in [5, 5.41) is 10.5. The molecule has 11 heavy (non-hydrogen) atoms. The van der Waals surface area contributed by atoms with Gasteiger partial charge in [0.15, 0.2) is 0 Å². The quantitative estimate of drug-likeness (QED) is 0.472. The van der Waals surface area contributed by atoms with Crippen molar-refractivity contribution in [2.24, 2.45) is 0 Å². The highest BCUT2D eigenvalue weighted by molar-refractivity contribution is 5.67. The Morgan fingerprint density at radius 2 is 2.45 bits per heavy atom. The molecule has 0 saturated heterocycles. The van der Waals surface area contributed by atoms with Gasteiger partial charge in [0, 0.05) is 6.54 Å². The van der Waals surface area contributed by atoms with Crippen molar-refractivity contribution in [3.63, 3.8) is 0 Å². The van der Waals surface area contributed by atoms with Gasteiger partial charge in [-0.25, -0.2) is 4.79 Å². The topological polar surface area (TPSA) is 58.6 Å². The zero-order valence-corrected chi connectivity index (χ0v) is 6.12. The maximum atomic E-state index is 10.6. The molecule has 0 aliphatic rings. The van der Waals surface area contributed by atoms with Gasteiger partial charge in [-0.15, -0.1) is 0 Å². The zero-order valence-electron chi connectivity index (χ0n) is 6.12. The number of ether oxygens (including phenoxy) is 1. The molecule has 0 rings (SSSR count). The third kappa shape index (κ3) is 6.44. The van der Waals surface area contributed by atoms with Gasteiger partial charge in [0.05, 0.1) is 6.26 Å². The molecule has 0 unspecified atom stereocenters. The summed E-state index contributed by atoms with van der Waals surface area (Å²) in [6, 6.07) is 0. The van der Waals surface area contributed by atoms with Crippen LogP contribution in [0.4, 0.5) is 4.79 Å². The van der Waals surface area contributed by atoms with Gasteiger partial charge in [-0.1, -0.05) is 12.7 Å². The van der Waals surface area contributed by atoms with Gasteiger partial charge >= 0.3 is 6.09 Å². The van der Waals surface area contributed by atoms with Crippen molar-refractivity contribution in [2.75, 3.05) is 13.2 Å². The van der Waals surface area contributed by atoms with Crippen LogP contribution in [0, 0.1) is 0 Å². The molecular weight excluding hydrogens is 146 g/mol. The Labute approximate surface area is 65.2 Å². The van der Waals surface area contributed by atoms with Gasteiger partial charge < -0.3 is 15.2 Å². The summed E-state index contributed by atoms with van der Waals surface area (Å²) in [6.45, 7) is 3.82. The van der Waals surface area contributed by atoms with Crippen LogP contribution in [0.1, 0.15) is 0 Å². The number of alkyl carbamates (subject to hydrolysis) is 1. The summed E-state index contributed by atoms with van der Waals surface area (Å²) >= 11 is 0. The van der Waals surface area contributed by atoms with E-state index in [-0.39, 0.29) is 13.2 Å². The van der Waals surface area contributed by atoms with E-state index in [1.807, 2.05) is 0 Å². The van der Waals surface area contributed by atoms with E-state index in [9.17, 15) is 4.79 Å². The van der Waals surface area contributed by atoms with Crippen LogP contribution < -0.4 is 5.32 Å².